The number of aliphatic hydroxyl groups is 1. The zero-order chi connectivity index (χ0) is 11.8. The van der Waals surface area contributed by atoms with E-state index in [2.05, 4.69) is 17.1 Å². The van der Waals surface area contributed by atoms with E-state index in [1.165, 1.54) is 45.2 Å². The average Bonchev–Trinajstić information content (AvgIpc) is 2.52. The largest absolute Gasteiger partial charge is 0.395 e. The van der Waals surface area contributed by atoms with E-state index in [1.807, 2.05) is 7.05 Å². The molecule has 2 N–H and O–H groups in total. The second kappa shape index (κ2) is 8.04. The van der Waals surface area contributed by atoms with Gasteiger partial charge in [0, 0.05) is 12.6 Å². The number of hydrogen-bond donors (Lipinski definition) is 2. The van der Waals surface area contributed by atoms with E-state index in [1.54, 1.807) is 0 Å². The van der Waals surface area contributed by atoms with E-state index in [0.717, 1.165) is 12.5 Å². The first kappa shape index (κ1) is 13.9. The van der Waals surface area contributed by atoms with Crippen molar-refractivity contribution in [2.75, 3.05) is 33.3 Å². The second-order valence-electron chi connectivity index (χ2n) is 5.05. The van der Waals surface area contributed by atoms with Gasteiger partial charge in [-0.05, 0) is 45.3 Å². The summed E-state index contributed by atoms with van der Waals surface area (Å²) in [5.41, 5.74) is 0. The van der Waals surface area contributed by atoms with Gasteiger partial charge in [0.1, 0.15) is 0 Å². The van der Waals surface area contributed by atoms with Gasteiger partial charge >= 0.3 is 0 Å². The zero-order valence-electron chi connectivity index (χ0n) is 10.9. The van der Waals surface area contributed by atoms with Crippen LogP contribution in [0.3, 0.4) is 0 Å². The highest BCUT2D eigenvalue weighted by atomic mass is 16.3. The van der Waals surface area contributed by atoms with Gasteiger partial charge in [-0.2, -0.15) is 0 Å². The number of hydrogen-bond acceptors (Lipinski definition) is 3. The molecule has 1 fully saturated rings. The first-order valence-electron chi connectivity index (χ1n) is 6.80. The fourth-order valence-corrected chi connectivity index (χ4v) is 2.66. The minimum absolute atomic E-state index is 0.239. The first-order valence-corrected chi connectivity index (χ1v) is 6.80. The van der Waals surface area contributed by atoms with Gasteiger partial charge in [0.15, 0.2) is 0 Å². The van der Waals surface area contributed by atoms with Crippen molar-refractivity contribution in [2.24, 2.45) is 5.92 Å². The summed E-state index contributed by atoms with van der Waals surface area (Å²) in [5, 5.41) is 12.3. The van der Waals surface area contributed by atoms with Crippen molar-refractivity contribution in [3.8, 4) is 0 Å². The molecule has 0 aromatic carbocycles. The molecule has 0 bridgehead atoms. The molecule has 0 radical (unpaired) electrons. The van der Waals surface area contributed by atoms with Gasteiger partial charge in [-0.15, -0.1) is 0 Å². The minimum Gasteiger partial charge on any atom is -0.395 e. The summed E-state index contributed by atoms with van der Waals surface area (Å²) in [6, 6.07) is 0.239. The maximum absolute atomic E-state index is 9.17. The quantitative estimate of drug-likeness (QED) is 0.722. The van der Waals surface area contributed by atoms with Gasteiger partial charge in [0.2, 0.25) is 0 Å². The fourth-order valence-electron chi connectivity index (χ4n) is 2.66. The predicted octanol–water partition coefficient (Wildman–Crippen LogP) is 1.47. The molecule has 0 aromatic rings. The molecule has 2 unspecified atom stereocenters. The molecule has 1 aliphatic heterocycles. The van der Waals surface area contributed by atoms with E-state index >= 15 is 0 Å². The number of nitrogens with one attached hydrogen (secondary N) is 1. The summed E-state index contributed by atoms with van der Waals surface area (Å²) in [7, 11) is 1.93. The van der Waals surface area contributed by atoms with Gasteiger partial charge in [0.05, 0.1) is 6.61 Å². The summed E-state index contributed by atoms with van der Waals surface area (Å²) in [5.74, 6) is 0.942. The van der Waals surface area contributed by atoms with E-state index in [-0.39, 0.29) is 12.6 Å². The van der Waals surface area contributed by atoms with Crippen LogP contribution in [0.4, 0.5) is 0 Å². The Hall–Kier alpha value is -0.120. The highest BCUT2D eigenvalue weighted by molar-refractivity contribution is 4.74. The van der Waals surface area contributed by atoms with Crippen LogP contribution in [0.5, 0.6) is 0 Å². The van der Waals surface area contributed by atoms with Crippen molar-refractivity contribution in [1.82, 2.24) is 10.2 Å². The summed E-state index contributed by atoms with van der Waals surface area (Å²) in [4.78, 5) is 2.51. The van der Waals surface area contributed by atoms with Gasteiger partial charge in [0.25, 0.3) is 0 Å². The Morgan fingerprint density at radius 3 is 2.81 bits per heavy atom. The molecule has 96 valence electrons. The maximum Gasteiger partial charge on any atom is 0.0597 e. The highest BCUT2D eigenvalue weighted by Gasteiger charge is 2.18. The van der Waals surface area contributed by atoms with E-state index in [9.17, 15) is 5.11 Å². The van der Waals surface area contributed by atoms with Crippen molar-refractivity contribution < 1.29 is 5.11 Å². The Morgan fingerprint density at radius 1 is 1.38 bits per heavy atom. The topological polar surface area (TPSA) is 35.5 Å². The van der Waals surface area contributed by atoms with Crippen molar-refractivity contribution in [3.63, 3.8) is 0 Å². The van der Waals surface area contributed by atoms with Crippen molar-refractivity contribution in [2.45, 2.75) is 45.1 Å². The Bertz CT molecular complexity index is 171. The zero-order valence-corrected chi connectivity index (χ0v) is 10.9. The van der Waals surface area contributed by atoms with Crippen LogP contribution < -0.4 is 5.32 Å². The molecule has 3 heteroatoms. The monoisotopic (exact) mass is 228 g/mol. The van der Waals surface area contributed by atoms with Crippen molar-refractivity contribution >= 4 is 0 Å². The Morgan fingerprint density at radius 2 is 2.19 bits per heavy atom. The van der Waals surface area contributed by atoms with E-state index in [0.29, 0.717) is 0 Å². The van der Waals surface area contributed by atoms with Crippen molar-refractivity contribution in [3.05, 3.63) is 0 Å². The molecule has 3 nitrogen and oxygen atoms in total. The van der Waals surface area contributed by atoms with Crippen LogP contribution in [0, 0.1) is 5.92 Å². The lowest BCUT2D eigenvalue weighted by molar-refractivity contribution is 0.188. The molecule has 0 spiro atoms. The Balaban J connectivity index is 2.29. The first-order chi connectivity index (χ1) is 7.80. The number of nitrogens with zero attached hydrogens (tertiary/aromatic N) is 1. The molecule has 0 aliphatic carbocycles. The summed E-state index contributed by atoms with van der Waals surface area (Å²) in [6.07, 6.45) is 6.78. The standard InChI is InChI=1S/C13H28N2O/c1-3-5-12-6-4-8-15(9-7-12)10-13(11-16)14-2/h12-14,16H,3-11H2,1-2H3. The molecular formula is C13H28N2O. The van der Waals surface area contributed by atoms with E-state index < -0.39 is 0 Å². The van der Waals surface area contributed by atoms with Crippen LogP contribution in [0.2, 0.25) is 0 Å². The molecule has 0 amide bonds. The van der Waals surface area contributed by atoms with Crippen LogP contribution >= 0.6 is 0 Å². The highest BCUT2D eigenvalue weighted by Crippen LogP contribution is 2.21. The Labute approximate surface area is 100 Å². The summed E-state index contributed by atoms with van der Waals surface area (Å²) < 4.78 is 0. The molecular weight excluding hydrogens is 200 g/mol. The third kappa shape index (κ3) is 4.81. The van der Waals surface area contributed by atoms with E-state index in [4.69, 9.17) is 0 Å². The van der Waals surface area contributed by atoms with Crippen LogP contribution in [0.1, 0.15) is 39.0 Å². The predicted molar refractivity (Wildman–Crippen MR) is 68.6 cm³/mol. The summed E-state index contributed by atoms with van der Waals surface area (Å²) in [6.45, 7) is 5.93. The molecule has 0 aromatic heterocycles. The molecule has 0 saturated carbocycles. The van der Waals surface area contributed by atoms with Gasteiger partial charge in [-0.25, -0.2) is 0 Å². The molecule has 1 heterocycles. The van der Waals surface area contributed by atoms with Crippen LogP contribution in [0.25, 0.3) is 0 Å². The van der Waals surface area contributed by atoms with Gasteiger partial charge in [-0.1, -0.05) is 19.8 Å². The molecule has 2 atom stereocenters. The summed E-state index contributed by atoms with van der Waals surface area (Å²) >= 11 is 0. The van der Waals surface area contributed by atoms with Crippen LogP contribution in [0.15, 0.2) is 0 Å². The smallest absolute Gasteiger partial charge is 0.0597 e. The number of aliphatic hydroxyl groups excluding tert-OH is 1. The lowest BCUT2D eigenvalue weighted by Gasteiger charge is -2.24. The Kier molecular flexibility index (Phi) is 7.01. The third-order valence-electron chi connectivity index (χ3n) is 3.74. The second-order valence-corrected chi connectivity index (χ2v) is 5.05. The molecule has 1 rings (SSSR count). The molecule has 16 heavy (non-hydrogen) atoms. The average molecular weight is 228 g/mol. The maximum atomic E-state index is 9.17. The van der Waals surface area contributed by atoms with Gasteiger partial charge < -0.3 is 15.3 Å². The van der Waals surface area contributed by atoms with Crippen LogP contribution in [-0.2, 0) is 0 Å². The van der Waals surface area contributed by atoms with Crippen molar-refractivity contribution in [1.29, 1.82) is 0 Å². The lowest BCUT2D eigenvalue weighted by atomic mass is 9.96. The van der Waals surface area contributed by atoms with Crippen LogP contribution in [-0.4, -0.2) is 49.3 Å². The molecule has 1 aliphatic rings. The fraction of sp³-hybridized carbons (Fsp3) is 1.00. The number of rotatable bonds is 6. The third-order valence-corrected chi connectivity index (χ3v) is 3.74. The van der Waals surface area contributed by atoms with Gasteiger partial charge in [-0.3, -0.25) is 0 Å². The normalized spacial score (nSPS) is 25.3. The minimum atomic E-state index is 0.239. The SMILES string of the molecule is CCCC1CCCN(CC(CO)NC)CC1. The lowest BCUT2D eigenvalue weighted by Crippen LogP contribution is -2.42. The molecule has 1 saturated heterocycles. The number of likely N-dealkylation sites (N-methyl/N-ethyl adjacent to an activating group) is 1. The number of likely N-dealkylation sites (tertiary alicyclic amines) is 1.